The molecule has 3 amide bonds. The first-order chi connectivity index (χ1) is 35.9. The number of halogens is 2. The number of ether oxygens (including phenoxy) is 3. The van der Waals surface area contributed by atoms with E-state index in [2.05, 4.69) is 47.6 Å². The molecule has 0 saturated carbocycles. The zero-order valence-corrected chi connectivity index (χ0v) is 47.7. The average molecular weight is 1060 g/mol. The molecular formula is C58H87F2N9O7. The Kier molecular flexibility index (Phi) is 19.5. The second kappa shape index (κ2) is 24.8. The highest BCUT2D eigenvalue weighted by atomic mass is 19.1. The summed E-state index contributed by atoms with van der Waals surface area (Å²) in [4.78, 5) is 67.4. The van der Waals surface area contributed by atoms with Crippen LogP contribution in [-0.4, -0.2) is 163 Å². The van der Waals surface area contributed by atoms with Crippen LogP contribution in [0.15, 0.2) is 42.7 Å². The van der Waals surface area contributed by atoms with E-state index in [9.17, 15) is 19.2 Å². The number of hydrogen-bond acceptors (Lipinski definition) is 12. The van der Waals surface area contributed by atoms with E-state index in [-0.39, 0.29) is 59.6 Å². The number of alkyl halides is 1. The van der Waals surface area contributed by atoms with Gasteiger partial charge in [-0.2, -0.15) is 0 Å². The van der Waals surface area contributed by atoms with Crippen LogP contribution in [0.2, 0.25) is 0 Å². The Hall–Kier alpha value is -5.61. The molecule has 4 aliphatic rings. The number of nitrogens with one attached hydrogen (secondary N) is 2. The Morgan fingerprint density at radius 1 is 1.11 bits per heavy atom. The second-order valence-corrected chi connectivity index (χ2v) is 22.4. The molecule has 3 fully saturated rings. The average Bonchev–Trinajstić information content (AvgIpc) is 3.70. The maximum absolute atomic E-state index is 16.9. The van der Waals surface area contributed by atoms with Gasteiger partial charge in [0.25, 0.3) is 11.8 Å². The van der Waals surface area contributed by atoms with Crippen LogP contribution in [0.25, 0.3) is 22.2 Å². The maximum Gasteiger partial charge on any atom is 0.324 e. The second-order valence-electron chi connectivity index (χ2n) is 22.4. The van der Waals surface area contributed by atoms with Gasteiger partial charge in [0.15, 0.2) is 5.67 Å². The number of anilines is 1. The molecule has 16 nitrogen and oxygen atoms in total. The minimum absolute atomic E-state index is 0. The molecule has 4 aliphatic heterocycles. The number of esters is 1. The fourth-order valence-electron chi connectivity index (χ4n) is 10.7. The molecular weight excluding hydrogens is 973 g/mol. The lowest BCUT2D eigenvalue weighted by Crippen LogP contribution is -2.60. The third-order valence-corrected chi connectivity index (χ3v) is 15.6. The number of amides is 3. The van der Waals surface area contributed by atoms with Gasteiger partial charge in [0.2, 0.25) is 5.91 Å². The highest BCUT2D eigenvalue weighted by molar-refractivity contribution is 5.96. The number of benzene rings is 1. The predicted octanol–water partition coefficient (Wildman–Crippen LogP) is 7.69. The summed E-state index contributed by atoms with van der Waals surface area (Å²) in [5, 5.41) is 5.81. The zero-order valence-electron chi connectivity index (χ0n) is 47.7. The molecule has 2 N–H and O–H groups in total. The van der Waals surface area contributed by atoms with Crippen molar-refractivity contribution in [3.63, 3.8) is 0 Å². The maximum atomic E-state index is 16.9. The largest absolute Gasteiger partial charge is 0.464 e. The summed E-state index contributed by atoms with van der Waals surface area (Å²) in [6, 6.07) is 4.83. The number of nitrogens with zero attached hydrogens (tertiary/aromatic N) is 7. The van der Waals surface area contributed by atoms with Crippen molar-refractivity contribution in [2.24, 2.45) is 11.3 Å². The molecule has 0 radical (unpaired) electrons. The number of aryl methyl sites for hydroxylation is 1. The normalized spacial score (nSPS) is 21.9. The molecule has 0 unspecified atom stereocenters. The molecule has 7 rings (SSSR count). The summed E-state index contributed by atoms with van der Waals surface area (Å²) in [5.41, 5.74) is 4.97. The van der Waals surface area contributed by atoms with Crippen molar-refractivity contribution in [2.75, 3.05) is 79.1 Å². The molecule has 3 saturated heterocycles. The van der Waals surface area contributed by atoms with E-state index in [1.54, 1.807) is 38.2 Å². The first-order valence-corrected chi connectivity index (χ1v) is 27.2. The number of carbonyl (C=O) groups is 4. The lowest BCUT2D eigenvalue weighted by Gasteiger charge is -2.42. The van der Waals surface area contributed by atoms with Gasteiger partial charge in [0.1, 0.15) is 17.9 Å². The predicted molar refractivity (Wildman–Crippen MR) is 295 cm³/mol. The van der Waals surface area contributed by atoms with E-state index < -0.39 is 76.3 Å². The number of carbonyl (C=O) groups excluding carboxylic acids is 4. The van der Waals surface area contributed by atoms with E-state index >= 15 is 8.78 Å². The number of methoxy groups -OCH3 is 1. The van der Waals surface area contributed by atoms with Gasteiger partial charge >= 0.3 is 5.97 Å². The van der Waals surface area contributed by atoms with Gasteiger partial charge in [-0.3, -0.25) is 29.1 Å². The summed E-state index contributed by atoms with van der Waals surface area (Å²) in [7, 11) is 6.82. The van der Waals surface area contributed by atoms with Crippen molar-refractivity contribution in [1.29, 1.82) is 0 Å². The summed E-state index contributed by atoms with van der Waals surface area (Å²) < 4.78 is 54.3. The lowest BCUT2D eigenvalue weighted by atomic mass is 9.84. The van der Waals surface area contributed by atoms with Gasteiger partial charge in [-0.25, -0.2) is 14.2 Å². The molecule has 420 valence electrons. The molecule has 5 atom stereocenters. The van der Waals surface area contributed by atoms with Crippen LogP contribution in [0.5, 0.6) is 0 Å². The van der Waals surface area contributed by atoms with Crippen LogP contribution in [0.3, 0.4) is 0 Å². The van der Waals surface area contributed by atoms with E-state index in [1.807, 2.05) is 83.6 Å². The van der Waals surface area contributed by atoms with Gasteiger partial charge in [-0.05, 0) is 96.7 Å². The number of aromatic nitrogens is 2. The zero-order chi connectivity index (χ0) is 56.0. The number of rotatable bonds is 10. The number of likely N-dealkylation sites (N-methyl/N-ethyl adjacent to an activating group) is 1. The Morgan fingerprint density at radius 2 is 1.80 bits per heavy atom. The number of morpholine rings is 1. The molecule has 0 aliphatic carbocycles. The van der Waals surface area contributed by atoms with Crippen molar-refractivity contribution in [3.05, 3.63) is 59.8 Å². The minimum atomic E-state index is -2.32. The van der Waals surface area contributed by atoms with Gasteiger partial charge in [0.05, 0.1) is 59.6 Å². The van der Waals surface area contributed by atoms with E-state index in [0.717, 1.165) is 33.4 Å². The summed E-state index contributed by atoms with van der Waals surface area (Å²) >= 11 is 0. The van der Waals surface area contributed by atoms with Gasteiger partial charge < -0.3 is 43.8 Å². The minimum Gasteiger partial charge on any atom is -0.464 e. The number of cyclic esters (lactones) is 1. The fraction of sp³-hybridized carbons (Fsp3) is 0.638. The molecule has 76 heavy (non-hydrogen) atoms. The molecule has 18 heteroatoms. The molecule has 2 aromatic heterocycles. The quantitative estimate of drug-likeness (QED) is 0.151. The van der Waals surface area contributed by atoms with Crippen molar-refractivity contribution in [2.45, 2.75) is 156 Å². The van der Waals surface area contributed by atoms with E-state index in [4.69, 9.17) is 19.2 Å². The van der Waals surface area contributed by atoms with Crippen molar-refractivity contribution >= 4 is 40.3 Å². The number of likely N-dealkylation sites (tertiary alicyclic amines) is 1. The van der Waals surface area contributed by atoms with Crippen molar-refractivity contribution < 1.29 is 43.6 Å². The Morgan fingerprint density at radius 3 is 2.45 bits per heavy atom. The molecule has 6 bridgehead atoms. The first-order valence-electron chi connectivity index (χ1n) is 27.2. The van der Waals surface area contributed by atoms with Crippen LogP contribution in [-0.2, 0) is 46.4 Å². The SMILES string of the molecule is C=C1[C@@H](NC(=O)[C@H](C(C)C)N(C)C(=O)C2(F)CCN(C(=O)C#CC(C)(C)N(C)C)CC2)C[C@H]2CN(CCO2)c2cc3c(c(-c4cccnc4[C@H](C)OC)n(CC)c3cc2F)CC(C)(C)COC(=O)[C@@H]2CCCN1N2.CC.[HH]. The van der Waals surface area contributed by atoms with Crippen LogP contribution in [0, 0.1) is 29.0 Å². The Labute approximate surface area is 451 Å². The highest BCUT2D eigenvalue weighted by Gasteiger charge is 2.47. The highest BCUT2D eigenvalue weighted by Crippen LogP contribution is 2.43. The van der Waals surface area contributed by atoms with E-state index in [0.29, 0.717) is 50.3 Å². The number of hydrazine groups is 1. The van der Waals surface area contributed by atoms with Gasteiger partial charge in [0, 0.05) is 108 Å². The fourth-order valence-corrected chi connectivity index (χ4v) is 10.7. The first kappa shape index (κ1) is 59.6. The lowest BCUT2D eigenvalue weighted by molar-refractivity contribution is -0.154. The molecule has 3 aromatic rings. The van der Waals surface area contributed by atoms with E-state index in [1.165, 1.54) is 16.8 Å². The monoisotopic (exact) mass is 1060 g/mol. The molecule has 6 heterocycles. The smallest absolute Gasteiger partial charge is 0.324 e. The van der Waals surface area contributed by atoms with Crippen LogP contribution < -0.4 is 15.6 Å². The number of piperidine rings is 1. The number of pyridine rings is 1. The standard InChI is InChI=1S/C56H79F2N9O7.C2H6.H2/c1-14-66-45-31-42(57)46-30-40(45)41(50(66)39-17-15-23-59-48(39)37(5)72-13)32-54(6,7)34-74-52(70)43-18-16-24-67(61-43)36(4)44(29-38-33-65(46)27-28-73-38)60-51(69)49(35(2)3)63(12)53(71)56(58)21-25-64(26-22-56)47(68)19-20-55(8,9)62(10)11;1-2;/h15,17,23,30-31,35,37-38,43-44,49,61H,4,14,16,18,21-22,24-29,32-34H2,1-3,5-13H3,(H,60,69);1-2H3;1H/t37-,38-,43-,44-,49-;;/m0../s1. The topological polar surface area (TPSA) is 154 Å². The Balaban J connectivity index is 0.00000360. The van der Waals surface area contributed by atoms with Crippen molar-refractivity contribution in [3.8, 4) is 23.1 Å². The van der Waals surface area contributed by atoms with Gasteiger partial charge in [-0.1, -0.05) is 54.0 Å². The van der Waals surface area contributed by atoms with Gasteiger partial charge in [-0.15, -0.1) is 0 Å². The van der Waals surface area contributed by atoms with Crippen LogP contribution >= 0.6 is 0 Å². The summed E-state index contributed by atoms with van der Waals surface area (Å²) in [5.74, 6) is 2.60. The van der Waals surface area contributed by atoms with Crippen LogP contribution in [0.4, 0.5) is 14.5 Å². The summed E-state index contributed by atoms with van der Waals surface area (Å²) in [6.07, 6.45) is 2.19. The molecule has 1 aromatic carbocycles. The molecule has 0 spiro atoms. The third kappa shape index (κ3) is 13.0. The summed E-state index contributed by atoms with van der Waals surface area (Å²) in [6.45, 7) is 26.0. The third-order valence-electron chi connectivity index (χ3n) is 15.6. The van der Waals surface area contributed by atoms with Crippen molar-refractivity contribution in [1.82, 2.24) is 40.0 Å². The van der Waals surface area contributed by atoms with Crippen LogP contribution in [0.1, 0.15) is 120 Å². The number of hydrogen-bond donors (Lipinski definition) is 2. The Bertz CT molecular complexity index is 2660. The number of fused-ring (bicyclic) bond motifs is 6.